The summed E-state index contributed by atoms with van der Waals surface area (Å²) in [5, 5.41) is 9.98. The molecule has 0 spiro atoms. The molecule has 2 aromatic carbocycles. The van der Waals surface area contributed by atoms with Crippen molar-refractivity contribution < 1.29 is 40.7 Å². The van der Waals surface area contributed by atoms with E-state index in [1.165, 1.54) is 6.92 Å². The minimum atomic E-state index is -5.01. The Morgan fingerprint density at radius 2 is 1.39 bits per heavy atom. The molecule has 1 amide bonds. The van der Waals surface area contributed by atoms with Gasteiger partial charge in [0.1, 0.15) is 5.60 Å². The van der Waals surface area contributed by atoms with Crippen molar-refractivity contribution in [2.24, 2.45) is 0 Å². The van der Waals surface area contributed by atoms with Gasteiger partial charge in [0, 0.05) is 11.6 Å². The van der Waals surface area contributed by atoms with E-state index in [0.29, 0.717) is 37.8 Å². The van der Waals surface area contributed by atoms with Crippen LogP contribution in [-0.2, 0) is 32.2 Å². The molecule has 0 heterocycles. The molecular weight excluding hydrogens is 612 g/mol. The van der Waals surface area contributed by atoms with E-state index in [9.17, 15) is 35.9 Å². The number of hydrogen-bond donors (Lipinski definition) is 3. The first kappa shape index (κ1) is 37.3. The van der Waals surface area contributed by atoms with Gasteiger partial charge < -0.3 is 10.1 Å². The minimum Gasteiger partial charge on any atom is -0.460 e. The number of benzene rings is 2. The highest BCUT2D eigenvalue weighted by molar-refractivity contribution is 5.84. The van der Waals surface area contributed by atoms with Crippen LogP contribution in [0.15, 0.2) is 48.5 Å². The number of hydrogen-bond acceptors (Lipinski definition) is 5. The van der Waals surface area contributed by atoms with Gasteiger partial charge in [0.2, 0.25) is 5.91 Å². The lowest BCUT2D eigenvalue weighted by Gasteiger charge is -2.43. The van der Waals surface area contributed by atoms with Crippen LogP contribution < -0.4 is 16.0 Å². The third-order valence-corrected chi connectivity index (χ3v) is 8.13. The lowest BCUT2D eigenvalue weighted by Crippen LogP contribution is -2.57. The molecule has 12 heteroatoms. The summed E-state index contributed by atoms with van der Waals surface area (Å²) in [5.74, 6) is -2.26. The normalized spacial score (nSPS) is 20.9. The third kappa shape index (κ3) is 10.4. The van der Waals surface area contributed by atoms with E-state index in [4.69, 9.17) is 4.74 Å². The Hall–Kier alpha value is -3.12. The topological polar surface area (TPSA) is 79.5 Å². The number of nitrogens with one attached hydrogen (secondary N) is 3. The molecule has 2 atom stereocenters. The third-order valence-electron chi connectivity index (χ3n) is 8.13. The van der Waals surface area contributed by atoms with Gasteiger partial charge in [0.25, 0.3) is 0 Å². The predicted molar refractivity (Wildman–Crippen MR) is 164 cm³/mol. The molecule has 46 heavy (non-hydrogen) atoms. The van der Waals surface area contributed by atoms with Gasteiger partial charge in [-0.1, -0.05) is 30.3 Å². The zero-order valence-electron chi connectivity index (χ0n) is 27.4. The van der Waals surface area contributed by atoms with Crippen LogP contribution in [0.2, 0.25) is 0 Å². The maximum absolute atomic E-state index is 13.6. The molecule has 3 rings (SSSR count). The SMILES string of the molecule is CC(NC1CCC(NC(=O)C(C)c2cc(C(F)(F)F)cc(C(F)(F)F)c2)(c2ccccc2)CC1)NC(C)(C)CC(=O)OC(C)(C)C. The first-order valence-corrected chi connectivity index (χ1v) is 15.4. The molecule has 0 aromatic heterocycles. The predicted octanol–water partition coefficient (Wildman–Crippen LogP) is 7.82. The van der Waals surface area contributed by atoms with E-state index >= 15 is 0 Å². The lowest BCUT2D eigenvalue weighted by atomic mass is 9.74. The summed E-state index contributed by atoms with van der Waals surface area (Å²) in [6.07, 6.45) is -7.81. The summed E-state index contributed by atoms with van der Waals surface area (Å²) in [6, 6.07) is 10.5. The molecule has 1 aliphatic rings. The van der Waals surface area contributed by atoms with Crippen molar-refractivity contribution in [2.75, 3.05) is 0 Å². The van der Waals surface area contributed by atoms with Crippen molar-refractivity contribution in [3.05, 3.63) is 70.8 Å². The van der Waals surface area contributed by atoms with Gasteiger partial charge in [0.15, 0.2) is 0 Å². The molecule has 3 N–H and O–H groups in total. The highest BCUT2D eigenvalue weighted by Gasteiger charge is 2.41. The average molecular weight is 658 g/mol. The molecule has 256 valence electrons. The number of carbonyl (C=O) groups is 2. The van der Waals surface area contributed by atoms with Crippen molar-refractivity contribution in [3.8, 4) is 0 Å². The summed E-state index contributed by atoms with van der Waals surface area (Å²) < 4.78 is 86.4. The second-order valence-electron chi connectivity index (χ2n) is 14.0. The average Bonchev–Trinajstić information content (AvgIpc) is 2.91. The number of rotatable bonds is 10. The van der Waals surface area contributed by atoms with Crippen molar-refractivity contribution in [2.45, 2.75) is 128 Å². The van der Waals surface area contributed by atoms with Gasteiger partial charge in [-0.2, -0.15) is 26.3 Å². The van der Waals surface area contributed by atoms with Gasteiger partial charge in [-0.25, -0.2) is 0 Å². The molecule has 1 fully saturated rings. The Labute approximate surface area is 267 Å². The van der Waals surface area contributed by atoms with Crippen LogP contribution in [0.3, 0.4) is 0 Å². The molecule has 2 aromatic rings. The maximum atomic E-state index is 13.6. The molecule has 6 nitrogen and oxygen atoms in total. The molecule has 0 radical (unpaired) electrons. The molecular formula is C34H45F6N3O3. The van der Waals surface area contributed by atoms with Gasteiger partial charge in [-0.15, -0.1) is 0 Å². The van der Waals surface area contributed by atoms with Gasteiger partial charge in [-0.3, -0.25) is 20.2 Å². The molecule has 2 unspecified atom stereocenters. The first-order chi connectivity index (χ1) is 21.0. The summed E-state index contributed by atoms with van der Waals surface area (Å²) in [6.45, 7) is 12.5. The number of esters is 1. The highest BCUT2D eigenvalue weighted by Crippen LogP contribution is 2.40. The fourth-order valence-electron chi connectivity index (χ4n) is 6.02. The van der Waals surface area contributed by atoms with E-state index < -0.39 is 52.0 Å². The van der Waals surface area contributed by atoms with Crippen molar-refractivity contribution in [1.29, 1.82) is 0 Å². The van der Waals surface area contributed by atoms with Crippen LogP contribution in [0.4, 0.5) is 26.3 Å². The molecule has 0 aliphatic heterocycles. The van der Waals surface area contributed by atoms with E-state index in [0.717, 1.165) is 5.56 Å². The molecule has 0 bridgehead atoms. The van der Waals surface area contributed by atoms with Gasteiger partial charge in [-0.05, 0) is 103 Å². The van der Waals surface area contributed by atoms with E-state index in [-0.39, 0.29) is 36.2 Å². The Morgan fingerprint density at radius 3 is 1.87 bits per heavy atom. The Bertz CT molecular complexity index is 1310. The second kappa shape index (κ2) is 13.9. The van der Waals surface area contributed by atoms with E-state index in [2.05, 4.69) is 16.0 Å². The Morgan fingerprint density at radius 1 is 0.870 bits per heavy atom. The maximum Gasteiger partial charge on any atom is 0.416 e. The molecule has 1 aliphatic carbocycles. The van der Waals surface area contributed by atoms with E-state index in [1.54, 1.807) is 0 Å². The van der Waals surface area contributed by atoms with Crippen LogP contribution in [0, 0.1) is 0 Å². The smallest absolute Gasteiger partial charge is 0.416 e. The summed E-state index contributed by atoms with van der Waals surface area (Å²) >= 11 is 0. The Kier molecular flexibility index (Phi) is 11.3. The number of ether oxygens (including phenoxy) is 1. The van der Waals surface area contributed by atoms with Crippen molar-refractivity contribution in [3.63, 3.8) is 0 Å². The van der Waals surface area contributed by atoms with Gasteiger partial charge in [0.05, 0.1) is 35.2 Å². The number of halogens is 6. The summed E-state index contributed by atoms with van der Waals surface area (Å²) in [5.41, 5.74) is -4.50. The Balaban J connectivity index is 1.74. The van der Waals surface area contributed by atoms with Gasteiger partial charge >= 0.3 is 18.3 Å². The number of carbonyl (C=O) groups excluding carboxylic acids is 2. The second-order valence-corrected chi connectivity index (χ2v) is 14.0. The highest BCUT2D eigenvalue weighted by atomic mass is 19.4. The standard InChI is InChI=1S/C34H45F6N3O3/c1-21(23-17-25(33(35,36)37)19-26(18-23)34(38,39)40)29(45)43-32(24-11-9-8-10-12-24)15-13-27(14-16-32)41-22(2)42-31(6,7)20-28(44)46-30(3,4)5/h8-12,17-19,21-22,27,41-42H,13-16,20H2,1-7H3,(H,43,45). The zero-order chi connectivity index (χ0) is 34.7. The van der Waals surface area contributed by atoms with Crippen molar-refractivity contribution in [1.82, 2.24) is 16.0 Å². The van der Waals surface area contributed by atoms with E-state index in [1.807, 2.05) is 71.9 Å². The lowest BCUT2D eigenvalue weighted by molar-refractivity contribution is -0.156. The summed E-state index contributed by atoms with van der Waals surface area (Å²) in [7, 11) is 0. The van der Waals surface area contributed by atoms with Crippen LogP contribution in [0.25, 0.3) is 0 Å². The molecule has 0 saturated heterocycles. The fraction of sp³-hybridized carbons (Fsp3) is 0.588. The molecule has 1 saturated carbocycles. The zero-order valence-corrected chi connectivity index (χ0v) is 27.4. The van der Waals surface area contributed by atoms with Crippen LogP contribution in [-0.4, -0.2) is 35.2 Å². The quantitative estimate of drug-likeness (QED) is 0.138. The first-order valence-electron chi connectivity index (χ1n) is 15.4. The number of alkyl halides is 6. The summed E-state index contributed by atoms with van der Waals surface area (Å²) in [4.78, 5) is 25.9. The van der Waals surface area contributed by atoms with Crippen LogP contribution in [0.5, 0.6) is 0 Å². The minimum absolute atomic E-state index is 0.0452. The monoisotopic (exact) mass is 657 g/mol. The van der Waals surface area contributed by atoms with Crippen LogP contribution >= 0.6 is 0 Å². The van der Waals surface area contributed by atoms with Crippen molar-refractivity contribution >= 4 is 11.9 Å². The fourth-order valence-corrected chi connectivity index (χ4v) is 6.02. The van der Waals surface area contributed by atoms with Crippen LogP contribution in [0.1, 0.15) is 109 Å². The number of amides is 1. The largest absolute Gasteiger partial charge is 0.460 e.